The average Bonchev–Trinajstić information content (AvgIpc) is 3.06. The molecule has 1 amide bonds. The van der Waals surface area contributed by atoms with Crippen LogP contribution in [0, 0.1) is 5.92 Å². The van der Waals surface area contributed by atoms with Crippen molar-refractivity contribution in [2.45, 2.75) is 24.9 Å². The van der Waals surface area contributed by atoms with Gasteiger partial charge in [0.15, 0.2) is 22.5 Å². The minimum absolute atomic E-state index is 0.177. The summed E-state index contributed by atoms with van der Waals surface area (Å²) in [5, 5.41) is 9.31. The second-order valence-electron chi connectivity index (χ2n) is 7.08. The van der Waals surface area contributed by atoms with Gasteiger partial charge >= 0.3 is 0 Å². The predicted molar refractivity (Wildman–Crippen MR) is 103 cm³/mol. The van der Waals surface area contributed by atoms with Crippen LogP contribution in [-0.4, -0.2) is 57.6 Å². The SMILES string of the molecule is CC1CCN(C(=O)CSc2nnc(-c3ccc4c(c3)OCCO4)n2C)CC1. The summed E-state index contributed by atoms with van der Waals surface area (Å²) in [7, 11) is 1.92. The Morgan fingerprint density at radius 2 is 1.93 bits per heavy atom. The maximum atomic E-state index is 12.4. The number of carbonyl (C=O) groups is 1. The lowest BCUT2D eigenvalue weighted by Gasteiger charge is -2.30. The van der Waals surface area contributed by atoms with Crippen LogP contribution in [-0.2, 0) is 11.8 Å². The molecule has 0 atom stereocenters. The first-order valence-electron chi connectivity index (χ1n) is 9.32. The van der Waals surface area contributed by atoms with Gasteiger partial charge in [0.25, 0.3) is 0 Å². The van der Waals surface area contributed by atoms with E-state index in [1.165, 1.54) is 11.8 Å². The fourth-order valence-electron chi connectivity index (χ4n) is 3.35. The van der Waals surface area contributed by atoms with Gasteiger partial charge in [0, 0.05) is 25.7 Å². The van der Waals surface area contributed by atoms with Gasteiger partial charge in [0.2, 0.25) is 5.91 Å². The summed E-state index contributed by atoms with van der Waals surface area (Å²) in [5.41, 5.74) is 0.914. The first-order valence-corrected chi connectivity index (χ1v) is 10.3. The smallest absolute Gasteiger partial charge is 0.233 e. The number of ether oxygens (including phenoxy) is 2. The van der Waals surface area contributed by atoms with E-state index in [-0.39, 0.29) is 5.91 Å². The molecule has 0 unspecified atom stereocenters. The molecule has 4 rings (SSSR count). The van der Waals surface area contributed by atoms with Crippen LogP contribution in [0.5, 0.6) is 11.5 Å². The van der Waals surface area contributed by atoms with E-state index < -0.39 is 0 Å². The molecule has 0 aliphatic carbocycles. The summed E-state index contributed by atoms with van der Waals surface area (Å²) in [6, 6.07) is 5.77. The highest BCUT2D eigenvalue weighted by molar-refractivity contribution is 7.99. The van der Waals surface area contributed by atoms with Crippen molar-refractivity contribution >= 4 is 17.7 Å². The van der Waals surface area contributed by atoms with E-state index in [9.17, 15) is 4.79 Å². The summed E-state index contributed by atoms with van der Waals surface area (Å²) >= 11 is 1.44. The van der Waals surface area contributed by atoms with Crippen molar-refractivity contribution in [3.8, 4) is 22.9 Å². The Hall–Kier alpha value is -2.22. The summed E-state index contributed by atoms with van der Waals surface area (Å²) in [4.78, 5) is 14.4. The molecular weight excluding hydrogens is 364 g/mol. The van der Waals surface area contributed by atoms with Crippen LogP contribution < -0.4 is 9.47 Å². The number of likely N-dealkylation sites (tertiary alicyclic amines) is 1. The van der Waals surface area contributed by atoms with Gasteiger partial charge in [-0.2, -0.15) is 0 Å². The molecule has 2 aliphatic heterocycles. The number of fused-ring (bicyclic) bond motifs is 1. The van der Waals surface area contributed by atoms with E-state index in [2.05, 4.69) is 17.1 Å². The first kappa shape index (κ1) is 18.2. The van der Waals surface area contributed by atoms with Crippen LogP contribution >= 0.6 is 11.8 Å². The highest BCUT2D eigenvalue weighted by atomic mass is 32.2. The highest BCUT2D eigenvalue weighted by Crippen LogP contribution is 2.34. The molecule has 1 saturated heterocycles. The van der Waals surface area contributed by atoms with Crippen LogP contribution in [0.4, 0.5) is 0 Å². The Kier molecular flexibility index (Phi) is 5.24. The molecule has 0 bridgehead atoms. The molecule has 0 N–H and O–H groups in total. The summed E-state index contributed by atoms with van der Waals surface area (Å²) in [5.74, 6) is 3.51. The van der Waals surface area contributed by atoms with Crippen LogP contribution in [0.25, 0.3) is 11.4 Å². The molecule has 7 nitrogen and oxygen atoms in total. The molecule has 0 spiro atoms. The van der Waals surface area contributed by atoms with Crippen LogP contribution in [0.15, 0.2) is 23.4 Å². The molecular formula is C19H24N4O3S. The second kappa shape index (κ2) is 7.80. The molecule has 1 aromatic carbocycles. The molecule has 144 valence electrons. The van der Waals surface area contributed by atoms with E-state index in [1.807, 2.05) is 34.7 Å². The molecule has 2 aromatic rings. The molecule has 1 aromatic heterocycles. The van der Waals surface area contributed by atoms with Crippen LogP contribution in [0.2, 0.25) is 0 Å². The fraction of sp³-hybridized carbons (Fsp3) is 0.526. The third-order valence-electron chi connectivity index (χ3n) is 5.10. The minimum Gasteiger partial charge on any atom is -0.486 e. The number of thioether (sulfide) groups is 1. The molecule has 3 heterocycles. The van der Waals surface area contributed by atoms with Gasteiger partial charge in [-0.1, -0.05) is 18.7 Å². The second-order valence-corrected chi connectivity index (χ2v) is 8.02. The molecule has 27 heavy (non-hydrogen) atoms. The van der Waals surface area contributed by atoms with Gasteiger partial charge in [-0.05, 0) is 37.0 Å². The molecule has 0 radical (unpaired) electrons. The average molecular weight is 388 g/mol. The maximum Gasteiger partial charge on any atom is 0.233 e. The normalized spacial score (nSPS) is 17.2. The Labute approximate surface area is 163 Å². The minimum atomic E-state index is 0.177. The maximum absolute atomic E-state index is 12.4. The predicted octanol–water partition coefficient (Wildman–Crippen LogP) is 2.60. The van der Waals surface area contributed by atoms with Gasteiger partial charge < -0.3 is 18.9 Å². The van der Waals surface area contributed by atoms with Crippen molar-refractivity contribution < 1.29 is 14.3 Å². The van der Waals surface area contributed by atoms with Crippen molar-refractivity contribution in [1.29, 1.82) is 0 Å². The third-order valence-corrected chi connectivity index (χ3v) is 6.10. The van der Waals surface area contributed by atoms with Gasteiger partial charge in [-0.25, -0.2) is 0 Å². The Morgan fingerprint density at radius 1 is 1.19 bits per heavy atom. The summed E-state index contributed by atoms with van der Waals surface area (Å²) < 4.78 is 13.1. The van der Waals surface area contributed by atoms with Crippen molar-refractivity contribution in [3.05, 3.63) is 18.2 Å². The van der Waals surface area contributed by atoms with E-state index in [0.29, 0.717) is 24.9 Å². The fourth-order valence-corrected chi connectivity index (χ4v) is 4.16. The topological polar surface area (TPSA) is 69.5 Å². The number of piperidine rings is 1. The van der Waals surface area contributed by atoms with Gasteiger partial charge in [0.1, 0.15) is 13.2 Å². The first-order chi connectivity index (χ1) is 13.1. The molecule has 1 fully saturated rings. The Bertz CT molecular complexity index is 830. The zero-order chi connectivity index (χ0) is 18.8. The number of nitrogens with zero attached hydrogens (tertiary/aromatic N) is 4. The highest BCUT2D eigenvalue weighted by Gasteiger charge is 2.22. The molecule has 0 saturated carbocycles. The lowest BCUT2D eigenvalue weighted by molar-refractivity contribution is -0.129. The monoisotopic (exact) mass is 388 g/mol. The van der Waals surface area contributed by atoms with Gasteiger partial charge in [0.05, 0.1) is 5.75 Å². The largest absolute Gasteiger partial charge is 0.486 e. The van der Waals surface area contributed by atoms with E-state index in [4.69, 9.17) is 9.47 Å². The standard InChI is InChI=1S/C19H24N4O3S/c1-13-5-7-23(8-6-13)17(24)12-27-19-21-20-18(22(19)2)14-3-4-15-16(11-14)26-10-9-25-15/h3-4,11,13H,5-10,12H2,1-2H3. The zero-order valence-corrected chi connectivity index (χ0v) is 16.5. The molecule has 2 aliphatic rings. The molecule has 8 heteroatoms. The Balaban J connectivity index is 1.42. The van der Waals surface area contributed by atoms with Gasteiger partial charge in [-0.3, -0.25) is 4.79 Å². The number of amides is 1. The van der Waals surface area contributed by atoms with E-state index >= 15 is 0 Å². The van der Waals surface area contributed by atoms with Crippen molar-refractivity contribution in [1.82, 2.24) is 19.7 Å². The summed E-state index contributed by atoms with van der Waals surface area (Å²) in [6.07, 6.45) is 2.18. The van der Waals surface area contributed by atoms with E-state index in [1.54, 1.807) is 0 Å². The number of benzene rings is 1. The van der Waals surface area contributed by atoms with Gasteiger partial charge in [-0.15, -0.1) is 10.2 Å². The van der Waals surface area contributed by atoms with Crippen LogP contribution in [0.3, 0.4) is 0 Å². The lowest BCUT2D eigenvalue weighted by atomic mass is 9.99. The number of hydrogen-bond acceptors (Lipinski definition) is 6. The summed E-state index contributed by atoms with van der Waals surface area (Å²) in [6.45, 7) is 5.09. The number of aromatic nitrogens is 3. The zero-order valence-electron chi connectivity index (χ0n) is 15.7. The lowest BCUT2D eigenvalue weighted by Crippen LogP contribution is -2.38. The van der Waals surface area contributed by atoms with Crippen molar-refractivity contribution in [3.63, 3.8) is 0 Å². The third kappa shape index (κ3) is 3.90. The number of carbonyl (C=O) groups excluding carboxylic acids is 1. The Morgan fingerprint density at radius 3 is 2.70 bits per heavy atom. The van der Waals surface area contributed by atoms with Crippen molar-refractivity contribution in [2.24, 2.45) is 13.0 Å². The van der Waals surface area contributed by atoms with E-state index in [0.717, 1.165) is 54.0 Å². The van der Waals surface area contributed by atoms with Crippen LogP contribution in [0.1, 0.15) is 19.8 Å². The number of rotatable bonds is 4. The quantitative estimate of drug-likeness (QED) is 0.750. The number of hydrogen-bond donors (Lipinski definition) is 0. The van der Waals surface area contributed by atoms with Crippen molar-refractivity contribution in [2.75, 3.05) is 32.1 Å².